The normalized spacial score (nSPS) is 23.7. The largest absolute Gasteiger partial charge is 0.371 e. The third kappa shape index (κ3) is 2.49. The molecule has 1 fully saturated rings. The predicted molar refractivity (Wildman–Crippen MR) is 81.1 cm³/mol. The average Bonchev–Trinajstić information content (AvgIpc) is 2.79. The van der Waals surface area contributed by atoms with Crippen molar-refractivity contribution in [2.75, 3.05) is 50.7 Å². The standard InChI is InChI=1S/C16H25N3/c1-3-19-12-14(11-18-9-7-17-8-10-18)16-13(2)5-4-6-15(16)19/h4-6,14,17H,3,7-12H2,1-2H3. The van der Waals surface area contributed by atoms with Gasteiger partial charge in [0.2, 0.25) is 0 Å². The van der Waals surface area contributed by atoms with Crippen LogP contribution in [0, 0.1) is 6.92 Å². The van der Waals surface area contributed by atoms with E-state index in [-0.39, 0.29) is 0 Å². The van der Waals surface area contributed by atoms with Crippen LogP contribution in [0.2, 0.25) is 0 Å². The second-order valence-electron chi connectivity index (χ2n) is 5.79. The van der Waals surface area contributed by atoms with E-state index in [9.17, 15) is 0 Å². The van der Waals surface area contributed by atoms with E-state index in [0.29, 0.717) is 5.92 Å². The first-order chi connectivity index (χ1) is 9.29. The summed E-state index contributed by atoms with van der Waals surface area (Å²) in [6.07, 6.45) is 0. The molecule has 1 saturated heterocycles. The predicted octanol–water partition coefficient (Wildman–Crippen LogP) is 1.82. The van der Waals surface area contributed by atoms with Crippen molar-refractivity contribution in [2.24, 2.45) is 0 Å². The molecule has 1 aromatic rings. The van der Waals surface area contributed by atoms with Crippen molar-refractivity contribution in [1.29, 1.82) is 0 Å². The molecule has 3 rings (SSSR count). The van der Waals surface area contributed by atoms with Crippen molar-refractivity contribution in [1.82, 2.24) is 10.2 Å². The molecule has 3 heteroatoms. The van der Waals surface area contributed by atoms with Crippen molar-refractivity contribution in [3.63, 3.8) is 0 Å². The molecule has 3 nitrogen and oxygen atoms in total. The third-order valence-corrected chi connectivity index (χ3v) is 4.56. The Kier molecular flexibility index (Phi) is 3.76. The van der Waals surface area contributed by atoms with Gasteiger partial charge in [-0.15, -0.1) is 0 Å². The fourth-order valence-electron chi connectivity index (χ4n) is 3.58. The molecule has 1 N–H and O–H groups in total. The average molecular weight is 259 g/mol. The zero-order valence-electron chi connectivity index (χ0n) is 12.2. The van der Waals surface area contributed by atoms with Crippen LogP contribution in [0.5, 0.6) is 0 Å². The van der Waals surface area contributed by atoms with Crippen LogP contribution in [0.1, 0.15) is 24.0 Å². The van der Waals surface area contributed by atoms with Gasteiger partial charge in [0.15, 0.2) is 0 Å². The lowest BCUT2D eigenvalue weighted by Crippen LogP contribution is -2.45. The number of aryl methyl sites for hydroxylation is 1. The number of nitrogens with one attached hydrogen (secondary N) is 1. The Labute approximate surface area is 116 Å². The molecule has 0 spiro atoms. The van der Waals surface area contributed by atoms with Crippen molar-refractivity contribution in [2.45, 2.75) is 19.8 Å². The Morgan fingerprint density at radius 3 is 2.79 bits per heavy atom. The van der Waals surface area contributed by atoms with E-state index in [1.165, 1.54) is 37.4 Å². The smallest absolute Gasteiger partial charge is 0.0405 e. The molecule has 104 valence electrons. The molecule has 2 aliphatic heterocycles. The van der Waals surface area contributed by atoms with Gasteiger partial charge >= 0.3 is 0 Å². The zero-order chi connectivity index (χ0) is 13.2. The van der Waals surface area contributed by atoms with Crippen LogP contribution < -0.4 is 10.2 Å². The van der Waals surface area contributed by atoms with Gasteiger partial charge in [-0.1, -0.05) is 12.1 Å². The number of benzene rings is 1. The molecule has 0 saturated carbocycles. The van der Waals surface area contributed by atoms with Crippen molar-refractivity contribution < 1.29 is 0 Å². The molecular formula is C16H25N3. The Bertz CT molecular complexity index is 438. The van der Waals surface area contributed by atoms with Crippen molar-refractivity contribution >= 4 is 5.69 Å². The van der Waals surface area contributed by atoms with Crippen molar-refractivity contribution in [3.8, 4) is 0 Å². The van der Waals surface area contributed by atoms with Gasteiger partial charge in [-0.25, -0.2) is 0 Å². The van der Waals surface area contributed by atoms with Gasteiger partial charge in [0.1, 0.15) is 0 Å². The van der Waals surface area contributed by atoms with E-state index in [0.717, 1.165) is 19.6 Å². The molecule has 0 aliphatic carbocycles. The third-order valence-electron chi connectivity index (χ3n) is 4.56. The number of nitrogens with zero attached hydrogens (tertiary/aromatic N) is 2. The van der Waals surface area contributed by atoms with Gasteiger partial charge in [-0.3, -0.25) is 0 Å². The highest BCUT2D eigenvalue weighted by Gasteiger charge is 2.30. The topological polar surface area (TPSA) is 18.5 Å². The summed E-state index contributed by atoms with van der Waals surface area (Å²) in [4.78, 5) is 5.16. The van der Waals surface area contributed by atoms with Crippen LogP contribution in [0.15, 0.2) is 18.2 Å². The number of likely N-dealkylation sites (N-methyl/N-ethyl adjacent to an activating group) is 1. The van der Waals surface area contributed by atoms with E-state index in [2.05, 4.69) is 47.2 Å². The number of fused-ring (bicyclic) bond motifs is 1. The Balaban J connectivity index is 1.80. The lowest BCUT2D eigenvalue weighted by atomic mass is 9.96. The van der Waals surface area contributed by atoms with Crippen LogP contribution in [0.3, 0.4) is 0 Å². The van der Waals surface area contributed by atoms with Crippen molar-refractivity contribution in [3.05, 3.63) is 29.3 Å². The molecule has 1 aromatic carbocycles. The van der Waals surface area contributed by atoms with Crippen LogP contribution in [-0.2, 0) is 0 Å². The highest BCUT2D eigenvalue weighted by molar-refractivity contribution is 5.63. The lowest BCUT2D eigenvalue weighted by molar-refractivity contribution is 0.229. The maximum atomic E-state index is 3.44. The fourth-order valence-corrected chi connectivity index (χ4v) is 3.58. The van der Waals surface area contributed by atoms with Gasteiger partial charge in [0, 0.05) is 57.4 Å². The second-order valence-corrected chi connectivity index (χ2v) is 5.79. The minimum Gasteiger partial charge on any atom is -0.371 e. The zero-order valence-corrected chi connectivity index (χ0v) is 12.2. The minimum atomic E-state index is 0.689. The van der Waals surface area contributed by atoms with Crippen LogP contribution >= 0.6 is 0 Å². The summed E-state index contributed by atoms with van der Waals surface area (Å²) in [6, 6.07) is 6.76. The maximum Gasteiger partial charge on any atom is 0.0405 e. The Morgan fingerprint density at radius 2 is 2.05 bits per heavy atom. The van der Waals surface area contributed by atoms with Gasteiger partial charge < -0.3 is 15.1 Å². The summed E-state index contributed by atoms with van der Waals surface area (Å²) >= 11 is 0. The number of anilines is 1. The first-order valence-corrected chi connectivity index (χ1v) is 7.57. The molecule has 19 heavy (non-hydrogen) atoms. The molecule has 1 unspecified atom stereocenters. The number of rotatable bonds is 3. The van der Waals surface area contributed by atoms with Gasteiger partial charge in [-0.05, 0) is 31.0 Å². The summed E-state index contributed by atoms with van der Waals surface area (Å²) in [6.45, 7) is 12.7. The Hall–Kier alpha value is -1.06. The summed E-state index contributed by atoms with van der Waals surface area (Å²) in [5.41, 5.74) is 4.54. The molecule has 0 radical (unpaired) electrons. The fraction of sp³-hybridized carbons (Fsp3) is 0.625. The Morgan fingerprint density at radius 1 is 1.26 bits per heavy atom. The number of hydrogen-bond acceptors (Lipinski definition) is 3. The molecule has 0 bridgehead atoms. The second kappa shape index (κ2) is 5.51. The van der Waals surface area contributed by atoms with Crippen LogP contribution in [0.25, 0.3) is 0 Å². The lowest BCUT2D eigenvalue weighted by Gasteiger charge is -2.30. The molecule has 0 aromatic heterocycles. The van der Waals surface area contributed by atoms with Gasteiger partial charge in [0.05, 0.1) is 0 Å². The molecule has 0 amide bonds. The number of piperazine rings is 1. The summed E-state index contributed by atoms with van der Waals surface area (Å²) in [5, 5.41) is 3.44. The van der Waals surface area contributed by atoms with Gasteiger partial charge in [0.25, 0.3) is 0 Å². The van der Waals surface area contributed by atoms with Crippen LogP contribution in [0.4, 0.5) is 5.69 Å². The van der Waals surface area contributed by atoms with E-state index in [1.807, 2.05) is 0 Å². The first kappa shape index (κ1) is 12.9. The molecular weight excluding hydrogens is 234 g/mol. The highest BCUT2D eigenvalue weighted by atomic mass is 15.2. The van der Waals surface area contributed by atoms with Crippen LogP contribution in [-0.4, -0.2) is 50.7 Å². The van der Waals surface area contributed by atoms with Gasteiger partial charge in [-0.2, -0.15) is 0 Å². The SMILES string of the molecule is CCN1CC(CN2CCNCC2)c2c(C)cccc21. The van der Waals surface area contributed by atoms with E-state index >= 15 is 0 Å². The summed E-state index contributed by atoms with van der Waals surface area (Å²) in [7, 11) is 0. The van der Waals surface area contributed by atoms with E-state index in [4.69, 9.17) is 0 Å². The summed E-state index contributed by atoms with van der Waals surface area (Å²) in [5.74, 6) is 0.689. The maximum absolute atomic E-state index is 3.44. The number of hydrogen-bond donors (Lipinski definition) is 1. The highest BCUT2D eigenvalue weighted by Crippen LogP contribution is 2.38. The molecule has 2 aliphatic rings. The summed E-state index contributed by atoms with van der Waals surface area (Å²) < 4.78 is 0. The van der Waals surface area contributed by atoms with E-state index < -0.39 is 0 Å². The molecule has 2 heterocycles. The van der Waals surface area contributed by atoms with E-state index in [1.54, 1.807) is 5.56 Å². The molecule has 1 atom stereocenters. The monoisotopic (exact) mass is 259 g/mol. The minimum absolute atomic E-state index is 0.689. The quantitative estimate of drug-likeness (QED) is 0.893. The first-order valence-electron chi connectivity index (χ1n) is 7.57.